The van der Waals surface area contributed by atoms with Crippen LogP contribution in [-0.2, 0) is 20.4 Å². The second kappa shape index (κ2) is 14.2. The van der Waals surface area contributed by atoms with Gasteiger partial charge in [-0.05, 0) is 0 Å². The van der Waals surface area contributed by atoms with Crippen molar-refractivity contribution in [3.8, 4) is 17.2 Å². The van der Waals surface area contributed by atoms with Gasteiger partial charge in [-0.1, -0.05) is 0 Å². The van der Waals surface area contributed by atoms with Crippen molar-refractivity contribution in [2.45, 2.75) is 53.5 Å². The Morgan fingerprint density at radius 2 is 0.878 bits per heavy atom. The van der Waals surface area contributed by atoms with Crippen molar-refractivity contribution in [3.63, 3.8) is 0 Å². The van der Waals surface area contributed by atoms with Crippen LogP contribution in [-0.4, -0.2) is 29.4 Å². The number of halogens is 3. The van der Waals surface area contributed by atoms with Gasteiger partial charge in [0, 0.05) is 0 Å². The topological polar surface area (TPSA) is 27.7 Å². The normalized spacial score (nSPS) is 16.5. The first-order valence-corrected chi connectivity index (χ1v) is 15.8. The van der Waals surface area contributed by atoms with E-state index in [9.17, 15) is 0 Å². The van der Waals surface area contributed by atoms with Gasteiger partial charge < -0.3 is 37.2 Å². The van der Waals surface area contributed by atoms with Crippen LogP contribution < -0.4 is 67.0 Å². The third kappa shape index (κ3) is 5.69. The van der Waals surface area contributed by atoms with E-state index in [4.69, 9.17) is 14.2 Å². The standard InChI is InChI=1S/C33H39O3Si.3ClH.Ti/c1-21-11-14-27(34-8)30(17-21)37(31-18-22(2)12-15-28(31)35-9,32-19-23(3)13-16-29(32)36-10)33(7)20-24(4)25(5)26(33)6;;;;/h11-19H,1-10H3;3*1H;/q;;;;+3/p-3. The summed E-state index contributed by atoms with van der Waals surface area (Å²) in [7, 11) is 2.25. The van der Waals surface area contributed by atoms with Crippen LogP contribution >= 0.6 is 0 Å². The molecule has 0 N–H and O–H groups in total. The predicted octanol–water partition coefficient (Wildman–Crippen LogP) is -2.95. The summed E-state index contributed by atoms with van der Waals surface area (Å²) in [6.45, 7) is 15.8. The molecule has 8 heteroatoms. The van der Waals surface area contributed by atoms with Crippen LogP contribution in [0.2, 0.25) is 5.04 Å². The molecule has 0 fully saturated rings. The molecule has 0 saturated heterocycles. The van der Waals surface area contributed by atoms with E-state index >= 15 is 0 Å². The van der Waals surface area contributed by atoms with E-state index in [-0.39, 0.29) is 42.3 Å². The third-order valence-corrected chi connectivity index (χ3v) is 16.3. The van der Waals surface area contributed by atoms with E-state index in [0.29, 0.717) is 0 Å². The Morgan fingerprint density at radius 1 is 0.561 bits per heavy atom. The van der Waals surface area contributed by atoms with E-state index in [1.54, 1.807) is 21.3 Å². The molecule has 0 amide bonds. The number of aryl methyl sites for hydroxylation is 3. The fraction of sp³-hybridized carbons (Fsp3) is 0.333. The van der Waals surface area contributed by atoms with Crippen LogP contribution in [0.15, 0.2) is 75.2 Å². The van der Waals surface area contributed by atoms with E-state index in [0.717, 1.165) is 17.2 Å². The Hall–Kier alpha value is -1.66. The van der Waals surface area contributed by atoms with Gasteiger partial charge in [0.15, 0.2) is 0 Å². The van der Waals surface area contributed by atoms with Crippen molar-refractivity contribution >= 4 is 23.6 Å². The fourth-order valence-electron chi connectivity index (χ4n) is 6.46. The second-order valence-corrected chi connectivity index (χ2v) is 15.6. The molecule has 1 aliphatic rings. The first-order chi connectivity index (χ1) is 18.0. The molecule has 0 heterocycles. The van der Waals surface area contributed by atoms with Gasteiger partial charge in [0.05, 0.1) is 0 Å². The van der Waals surface area contributed by atoms with Gasteiger partial charge in [-0.15, -0.1) is 0 Å². The third-order valence-electron chi connectivity index (χ3n) is 8.78. The summed E-state index contributed by atoms with van der Waals surface area (Å²) in [5.74, 6) is 2.70. The number of rotatable bonds is 7. The average molecular weight is 666 g/mol. The Labute approximate surface area is 277 Å². The molecular weight excluding hydrogens is 627 g/mol. The number of methoxy groups -OCH3 is 3. The second-order valence-electron chi connectivity index (χ2n) is 10.7. The van der Waals surface area contributed by atoms with Crippen LogP contribution in [0.5, 0.6) is 17.2 Å². The summed E-state index contributed by atoms with van der Waals surface area (Å²) in [6, 6.07) is 19.9. The molecule has 0 saturated carbocycles. The zero-order valence-corrected chi connectivity index (χ0v) is 30.4. The maximum Gasteiger partial charge on any atom is -1.00 e. The maximum absolute atomic E-state index is 6.21. The van der Waals surface area contributed by atoms with Gasteiger partial charge in [0.1, 0.15) is 0 Å². The van der Waals surface area contributed by atoms with E-state index < -0.39 is 8.07 Å². The van der Waals surface area contributed by atoms with E-state index in [2.05, 4.69) is 123 Å². The molecule has 1 aliphatic carbocycles. The first kappa shape index (κ1) is 37.4. The largest absolute Gasteiger partial charge is 1.00 e. The minimum Gasteiger partial charge on any atom is -1.00 e. The molecule has 4 rings (SSSR count). The Balaban J connectivity index is 0.00000280. The van der Waals surface area contributed by atoms with Gasteiger partial charge in [-0.3, -0.25) is 0 Å². The zero-order chi connectivity index (χ0) is 28.0. The fourth-order valence-corrected chi connectivity index (χ4v) is 14.7. The molecule has 0 radical (unpaired) electrons. The van der Waals surface area contributed by atoms with E-state index in [1.807, 2.05) is 0 Å². The SMILES string of the molecule is COc1ccc(C)cc1[Si](c1cc(C)ccc1OC)(c1cc(C)ccc1OC)C1(C)C(C)=C(C)C(C)=[C]1[Ti+3].[Cl-].[Cl-].[Cl-]. The van der Waals surface area contributed by atoms with Gasteiger partial charge in [-0.25, -0.2) is 0 Å². The summed E-state index contributed by atoms with van der Waals surface area (Å²) >= 11 is 2.32. The molecule has 1 unspecified atom stereocenters. The summed E-state index contributed by atoms with van der Waals surface area (Å²) < 4.78 is 20.0. The van der Waals surface area contributed by atoms with Crippen LogP contribution in [0.3, 0.4) is 0 Å². The van der Waals surface area contributed by atoms with Crippen molar-refractivity contribution in [1.29, 1.82) is 0 Å². The molecule has 1 atom stereocenters. The minimum absolute atomic E-state index is 0. The Morgan fingerprint density at radius 3 is 1.12 bits per heavy atom. The number of hydrogen-bond donors (Lipinski definition) is 0. The molecule has 3 nitrogen and oxygen atoms in total. The number of hydrogen-bond acceptors (Lipinski definition) is 3. The molecule has 0 bridgehead atoms. The maximum atomic E-state index is 6.21. The summed E-state index contributed by atoms with van der Waals surface area (Å²) in [5, 5.41) is 3.38. The van der Waals surface area contributed by atoms with Crippen LogP contribution in [0.4, 0.5) is 0 Å². The molecule has 218 valence electrons. The number of allylic oxidation sites excluding steroid dienone is 4. The van der Waals surface area contributed by atoms with Crippen LogP contribution in [0, 0.1) is 20.8 Å². The monoisotopic (exact) mass is 664 g/mol. The zero-order valence-electron chi connectivity index (χ0n) is 25.6. The molecule has 41 heavy (non-hydrogen) atoms. The quantitative estimate of drug-likeness (QED) is 0.200. The van der Waals surface area contributed by atoms with Crippen molar-refractivity contribution in [2.24, 2.45) is 0 Å². The average Bonchev–Trinajstić information content (AvgIpc) is 3.05. The molecule has 0 aliphatic heterocycles. The van der Waals surface area contributed by atoms with Crippen LogP contribution in [0.1, 0.15) is 44.4 Å². The van der Waals surface area contributed by atoms with Crippen molar-refractivity contribution < 1.29 is 71.9 Å². The molecule has 0 aromatic heterocycles. The first-order valence-electron chi connectivity index (χ1n) is 13.1. The van der Waals surface area contributed by atoms with E-state index in [1.165, 1.54) is 52.8 Å². The Kier molecular flexibility index (Phi) is 12.9. The van der Waals surface area contributed by atoms with Crippen molar-refractivity contribution in [2.75, 3.05) is 21.3 Å². The van der Waals surface area contributed by atoms with Gasteiger partial charge in [0.25, 0.3) is 0 Å². The number of benzene rings is 3. The molecule has 3 aromatic carbocycles. The predicted molar refractivity (Wildman–Crippen MR) is 157 cm³/mol. The molecule has 0 spiro atoms. The van der Waals surface area contributed by atoms with Crippen molar-refractivity contribution in [1.82, 2.24) is 0 Å². The molecule has 3 aromatic rings. The summed E-state index contributed by atoms with van der Waals surface area (Å²) in [5.41, 5.74) is 7.74. The van der Waals surface area contributed by atoms with Gasteiger partial charge in [0.2, 0.25) is 0 Å². The summed E-state index contributed by atoms with van der Waals surface area (Å²) in [6.07, 6.45) is 0. The van der Waals surface area contributed by atoms with Crippen LogP contribution in [0.25, 0.3) is 0 Å². The number of ether oxygens (including phenoxy) is 3. The Bertz CT molecular complexity index is 1330. The smallest absolute Gasteiger partial charge is 1.00 e. The molecular formula is C33H39Cl3O3SiTi. The minimum atomic E-state index is -3.11. The van der Waals surface area contributed by atoms with Gasteiger partial charge in [-0.2, -0.15) is 0 Å². The van der Waals surface area contributed by atoms with Crippen molar-refractivity contribution in [3.05, 3.63) is 91.9 Å². The van der Waals surface area contributed by atoms with Gasteiger partial charge >= 0.3 is 242 Å². The summed E-state index contributed by atoms with van der Waals surface area (Å²) in [4.78, 5) is 0.